The molecule has 0 spiro atoms. The second kappa shape index (κ2) is 9.31. The third-order valence-electron chi connectivity index (χ3n) is 4.80. The van der Waals surface area contributed by atoms with Crippen molar-refractivity contribution in [3.8, 4) is 5.75 Å². The van der Waals surface area contributed by atoms with E-state index < -0.39 is 0 Å². The van der Waals surface area contributed by atoms with Gasteiger partial charge in [-0.2, -0.15) is 4.91 Å². The van der Waals surface area contributed by atoms with E-state index in [2.05, 4.69) is 5.18 Å². The zero-order chi connectivity index (χ0) is 19.2. The summed E-state index contributed by atoms with van der Waals surface area (Å²) in [4.78, 5) is 11.0. The molecular formula is C21H24ClNO4. The van der Waals surface area contributed by atoms with Gasteiger partial charge in [-0.3, -0.25) is 0 Å². The molecule has 0 radical (unpaired) electrons. The zero-order valence-electron chi connectivity index (χ0n) is 15.3. The summed E-state index contributed by atoms with van der Waals surface area (Å²) in [7, 11) is 0. The lowest BCUT2D eigenvalue weighted by atomic mass is 9.93. The number of benzene rings is 2. The second-order valence-corrected chi connectivity index (χ2v) is 7.17. The third-order valence-corrected chi connectivity index (χ3v) is 5.17. The molecule has 1 heterocycles. The minimum absolute atomic E-state index is 0.116. The summed E-state index contributed by atoms with van der Waals surface area (Å²) in [6.07, 6.45) is 1.03. The van der Waals surface area contributed by atoms with E-state index in [1.54, 1.807) is 0 Å². The van der Waals surface area contributed by atoms with Crippen LogP contribution in [0, 0.1) is 4.91 Å². The van der Waals surface area contributed by atoms with Crippen molar-refractivity contribution in [3.63, 3.8) is 0 Å². The van der Waals surface area contributed by atoms with E-state index >= 15 is 0 Å². The summed E-state index contributed by atoms with van der Waals surface area (Å²) in [5.41, 5.74) is 3.07. The summed E-state index contributed by atoms with van der Waals surface area (Å²) in [5, 5.41) is 13.3. The van der Waals surface area contributed by atoms with Crippen LogP contribution in [0.5, 0.6) is 5.75 Å². The van der Waals surface area contributed by atoms with Crippen LogP contribution < -0.4 is 4.74 Å². The highest BCUT2D eigenvalue weighted by Crippen LogP contribution is 2.34. The Kier molecular flexibility index (Phi) is 6.83. The first-order chi connectivity index (χ1) is 13.1. The largest absolute Gasteiger partial charge is 0.494 e. The minimum atomic E-state index is -0.364. The zero-order valence-corrected chi connectivity index (χ0v) is 16.1. The van der Waals surface area contributed by atoms with Gasteiger partial charge in [0.1, 0.15) is 5.75 Å². The first kappa shape index (κ1) is 19.8. The molecule has 2 aromatic rings. The van der Waals surface area contributed by atoms with Gasteiger partial charge in [0.25, 0.3) is 0 Å². The molecule has 0 amide bonds. The van der Waals surface area contributed by atoms with Crippen LogP contribution in [0.25, 0.3) is 0 Å². The van der Waals surface area contributed by atoms with Crippen LogP contribution in [0.1, 0.15) is 42.6 Å². The highest BCUT2D eigenvalue weighted by Gasteiger charge is 2.31. The summed E-state index contributed by atoms with van der Waals surface area (Å²) >= 11 is 6.40. The maximum Gasteiger partial charge on any atom is 0.119 e. The van der Waals surface area contributed by atoms with Crippen LogP contribution in [-0.4, -0.2) is 30.5 Å². The van der Waals surface area contributed by atoms with Gasteiger partial charge < -0.3 is 14.6 Å². The third kappa shape index (κ3) is 5.06. The fourth-order valence-electron chi connectivity index (χ4n) is 3.43. The number of aliphatic hydroxyl groups is 1. The Bertz CT molecular complexity index is 765. The molecular weight excluding hydrogens is 366 g/mol. The fraction of sp³-hybridized carbons (Fsp3) is 0.429. The summed E-state index contributed by atoms with van der Waals surface area (Å²) in [5.74, 6) is 0.846. The van der Waals surface area contributed by atoms with Crippen LogP contribution in [0.2, 0.25) is 5.02 Å². The van der Waals surface area contributed by atoms with E-state index in [-0.39, 0.29) is 24.9 Å². The molecule has 0 aliphatic carbocycles. The molecule has 1 aliphatic rings. The van der Waals surface area contributed by atoms with Crippen LogP contribution in [0.15, 0.2) is 47.6 Å². The van der Waals surface area contributed by atoms with Crippen molar-refractivity contribution in [3.05, 3.63) is 69.1 Å². The molecule has 0 saturated carbocycles. The standard InChI is InChI=1S/C21H24ClNO4/c1-2-26-18-6-3-14(4-7-18)9-16-10-15(5-8-20(16)22)21-12-17(23-25)11-19(13-24)27-21/h3-8,10,17,19,21,24H,2,9,11-13H2,1H3/t17?,19-,21+/m0/s1. The highest BCUT2D eigenvalue weighted by molar-refractivity contribution is 6.31. The van der Waals surface area contributed by atoms with E-state index in [1.807, 2.05) is 49.4 Å². The van der Waals surface area contributed by atoms with Gasteiger partial charge in [-0.15, -0.1) is 0 Å². The predicted molar refractivity (Wildman–Crippen MR) is 105 cm³/mol. The molecule has 2 aromatic carbocycles. The Morgan fingerprint density at radius 3 is 2.67 bits per heavy atom. The van der Waals surface area contributed by atoms with Gasteiger partial charge in [-0.1, -0.05) is 41.0 Å². The van der Waals surface area contributed by atoms with Gasteiger partial charge in [0.2, 0.25) is 0 Å². The highest BCUT2D eigenvalue weighted by atomic mass is 35.5. The molecule has 5 nitrogen and oxygen atoms in total. The average molecular weight is 390 g/mol. The van der Waals surface area contributed by atoms with Gasteiger partial charge in [-0.05, 0) is 48.2 Å². The lowest BCUT2D eigenvalue weighted by molar-refractivity contribution is -0.0796. The fourth-order valence-corrected chi connectivity index (χ4v) is 3.61. The van der Waals surface area contributed by atoms with Crippen molar-refractivity contribution in [1.82, 2.24) is 0 Å². The number of nitrogens with zero attached hydrogens (tertiary/aromatic N) is 1. The van der Waals surface area contributed by atoms with Crippen LogP contribution in [0.3, 0.4) is 0 Å². The van der Waals surface area contributed by atoms with Gasteiger partial charge in [0.05, 0.1) is 31.5 Å². The smallest absolute Gasteiger partial charge is 0.119 e. The van der Waals surface area contributed by atoms with Gasteiger partial charge in [0.15, 0.2) is 0 Å². The SMILES string of the molecule is CCOc1ccc(Cc2cc([C@H]3CC(N=O)C[C@@H](CO)O3)ccc2Cl)cc1. The minimum Gasteiger partial charge on any atom is -0.494 e. The number of ether oxygens (including phenoxy) is 2. The molecule has 27 heavy (non-hydrogen) atoms. The van der Waals surface area contributed by atoms with E-state index in [1.165, 1.54) is 0 Å². The Hall–Kier alpha value is -1.95. The molecule has 1 fully saturated rings. The Morgan fingerprint density at radius 2 is 2.00 bits per heavy atom. The Labute approximate surface area is 164 Å². The number of rotatable bonds is 7. The van der Waals surface area contributed by atoms with E-state index in [0.29, 0.717) is 30.9 Å². The normalized spacial score (nSPS) is 22.4. The molecule has 0 bridgehead atoms. The van der Waals surface area contributed by atoms with E-state index in [4.69, 9.17) is 21.1 Å². The van der Waals surface area contributed by atoms with Crippen molar-refractivity contribution in [2.45, 2.75) is 44.4 Å². The molecule has 6 heteroatoms. The molecule has 144 valence electrons. The van der Waals surface area contributed by atoms with Crippen molar-refractivity contribution >= 4 is 11.6 Å². The molecule has 3 rings (SSSR count). The molecule has 3 atom stereocenters. The maximum absolute atomic E-state index is 11.0. The summed E-state index contributed by atoms with van der Waals surface area (Å²) < 4.78 is 11.4. The quantitative estimate of drug-likeness (QED) is 0.698. The van der Waals surface area contributed by atoms with Crippen LogP contribution in [0.4, 0.5) is 0 Å². The molecule has 1 N–H and O–H groups in total. The first-order valence-electron chi connectivity index (χ1n) is 9.21. The summed E-state index contributed by atoms with van der Waals surface area (Å²) in [6.45, 7) is 2.48. The number of nitroso groups, excluding NO2 is 1. The topological polar surface area (TPSA) is 68.1 Å². The Balaban J connectivity index is 1.78. The second-order valence-electron chi connectivity index (χ2n) is 6.76. The lowest BCUT2D eigenvalue weighted by Gasteiger charge is -2.32. The van der Waals surface area contributed by atoms with Gasteiger partial charge in [-0.25, -0.2) is 0 Å². The van der Waals surface area contributed by atoms with Gasteiger partial charge >= 0.3 is 0 Å². The lowest BCUT2D eigenvalue weighted by Crippen LogP contribution is -2.32. The number of hydrogen-bond donors (Lipinski definition) is 1. The number of halogens is 1. The first-order valence-corrected chi connectivity index (χ1v) is 9.59. The van der Waals surface area contributed by atoms with Crippen LogP contribution in [-0.2, 0) is 11.2 Å². The van der Waals surface area contributed by atoms with E-state index in [0.717, 1.165) is 22.4 Å². The van der Waals surface area contributed by atoms with Crippen molar-refractivity contribution < 1.29 is 14.6 Å². The molecule has 1 aliphatic heterocycles. The predicted octanol–water partition coefficient (Wildman–Crippen LogP) is 4.68. The van der Waals surface area contributed by atoms with Crippen molar-refractivity contribution in [2.75, 3.05) is 13.2 Å². The molecule has 1 unspecified atom stereocenters. The van der Waals surface area contributed by atoms with Gasteiger partial charge in [0, 0.05) is 17.9 Å². The van der Waals surface area contributed by atoms with Crippen molar-refractivity contribution in [2.24, 2.45) is 5.18 Å². The molecule has 0 aromatic heterocycles. The average Bonchev–Trinajstić information content (AvgIpc) is 2.70. The number of aliphatic hydroxyl groups excluding tert-OH is 1. The Morgan fingerprint density at radius 1 is 1.22 bits per heavy atom. The molecule has 1 saturated heterocycles. The van der Waals surface area contributed by atoms with E-state index in [9.17, 15) is 10.0 Å². The maximum atomic E-state index is 11.0. The monoisotopic (exact) mass is 389 g/mol. The van der Waals surface area contributed by atoms with Crippen LogP contribution >= 0.6 is 11.6 Å². The number of hydrogen-bond acceptors (Lipinski definition) is 5. The summed E-state index contributed by atoms with van der Waals surface area (Å²) in [6, 6.07) is 13.4. The van der Waals surface area contributed by atoms with Crippen molar-refractivity contribution in [1.29, 1.82) is 0 Å².